The van der Waals surface area contributed by atoms with Gasteiger partial charge in [0, 0.05) is 18.4 Å². The molecule has 0 radical (unpaired) electrons. The number of fused-ring (bicyclic) bond motifs is 2. The quantitative estimate of drug-likeness (QED) is 0.495. The molecule has 0 spiro atoms. The summed E-state index contributed by atoms with van der Waals surface area (Å²) in [7, 11) is 0. The number of hydrogen-bond acceptors (Lipinski definition) is 5. The van der Waals surface area contributed by atoms with Gasteiger partial charge in [0.25, 0.3) is 0 Å². The average Bonchev–Trinajstić information content (AvgIpc) is 3.34. The molecule has 4 aromatic rings. The molecule has 144 valence electrons. The molecule has 0 aliphatic heterocycles. The first kappa shape index (κ1) is 17.6. The number of benzene rings is 2. The molecule has 0 saturated heterocycles. The predicted molar refractivity (Wildman–Crippen MR) is 109 cm³/mol. The molecule has 2 aromatic carbocycles. The van der Waals surface area contributed by atoms with Crippen LogP contribution in [-0.4, -0.2) is 32.1 Å². The zero-order valence-electron chi connectivity index (χ0n) is 16.0. The van der Waals surface area contributed by atoms with E-state index in [9.17, 15) is 4.79 Å². The lowest BCUT2D eigenvalue weighted by Gasteiger charge is -2.15. The molecule has 1 aliphatic carbocycles. The van der Waals surface area contributed by atoms with Gasteiger partial charge in [-0.1, -0.05) is 54.6 Å². The molecule has 2 atom stereocenters. The van der Waals surface area contributed by atoms with Gasteiger partial charge in [0.15, 0.2) is 5.65 Å². The summed E-state index contributed by atoms with van der Waals surface area (Å²) in [6, 6.07) is 18.5. The molecule has 2 heterocycles. The van der Waals surface area contributed by atoms with Crippen molar-refractivity contribution in [3.05, 3.63) is 78.4 Å². The lowest BCUT2D eigenvalue weighted by molar-refractivity contribution is -0.141. The maximum atomic E-state index is 11.3. The Morgan fingerprint density at radius 2 is 1.79 bits per heavy atom. The van der Waals surface area contributed by atoms with Crippen LogP contribution in [0.4, 0.5) is 0 Å². The summed E-state index contributed by atoms with van der Waals surface area (Å²) in [4.78, 5) is 25.0. The van der Waals surface area contributed by atoms with Crippen molar-refractivity contribution in [2.75, 3.05) is 6.61 Å². The van der Waals surface area contributed by atoms with Gasteiger partial charge in [-0.05, 0) is 17.5 Å². The van der Waals surface area contributed by atoms with Crippen LogP contribution in [0.25, 0.3) is 22.4 Å². The maximum absolute atomic E-state index is 11.3. The van der Waals surface area contributed by atoms with E-state index in [4.69, 9.17) is 4.74 Å². The summed E-state index contributed by atoms with van der Waals surface area (Å²) in [5.41, 5.74) is 5.90. The number of imidazole rings is 1. The van der Waals surface area contributed by atoms with Crippen LogP contribution in [-0.2, 0) is 9.53 Å². The van der Waals surface area contributed by atoms with Crippen LogP contribution in [0.1, 0.15) is 36.4 Å². The van der Waals surface area contributed by atoms with Gasteiger partial charge in [0.05, 0.1) is 19.0 Å². The highest BCUT2D eigenvalue weighted by molar-refractivity contribution is 5.87. The van der Waals surface area contributed by atoms with Crippen LogP contribution in [0.5, 0.6) is 0 Å². The Kier molecular flexibility index (Phi) is 4.31. The van der Waals surface area contributed by atoms with E-state index in [2.05, 4.69) is 31.7 Å². The third kappa shape index (κ3) is 3.06. The summed E-state index contributed by atoms with van der Waals surface area (Å²) in [5.74, 6) is -0.0905. The first-order chi connectivity index (χ1) is 14.2. The molecule has 0 bridgehead atoms. The lowest BCUT2D eigenvalue weighted by Crippen LogP contribution is -2.10. The van der Waals surface area contributed by atoms with Crippen LogP contribution in [0.2, 0.25) is 0 Å². The highest BCUT2D eigenvalue weighted by atomic mass is 16.5. The number of ether oxygens (including phenoxy) is 1. The first-order valence-electron chi connectivity index (χ1n) is 9.67. The molecule has 5 rings (SSSR count). The van der Waals surface area contributed by atoms with Crippen LogP contribution in [0, 0.1) is 0 Å². The van der Waals surface area contributed by atoms with Gasteiger partial charge < -0.3 is 9.30 Å². The van der Waals surface area contributed by atoms with Gasteiger partial charge in [-0.25, -0.2) is 15.0 Å². The molecule has 0 saturated carbocycles. The van der Waals surface area contributed by atoms with Gasteiger partial charge in [0.2, 0.25) is 0 Å². The van der Waals surface area contributed by atoms with Crippen molar-refractivity contribution in [2.45, 2.75) is 25.3 Å². The Balaban J connectivity index is 1.57. The third-order valence-electron chi connectivity index (χ3n) is 5.53. The third-order valence-corrected chi connectivity index (χ3v) is 5.53. The zero-order chi connectivity index (χ0) is 19.8. The molecule has 0 unspecified atom stereocenters. The van der Waals surface area contributed by atoms with E-state index in [-0.39, 0.29) is 17.9 Å². The fraction of sp³-hybridized carbons (Fsp3) is 0.217. The number of carbonyl (C=O) groups is 1. The molecule has 0 fully saturated rings. The topological polar surface area (TPSA) is 69.9 Å². The number of hydrogen-bond donors (Lipinski definition) is 0. The first-order valence-corrected chi connectivity index (χ1v) is 9.67. The molecular formula is C23H20N4O2. The molecule has 6 heteroatoms. The van der Waals surface area contributed by atoms with Gasteiger partial charge in [-0.3, -0.25) is 4.79 Å². The fourth-order valence-electron chi connectivity index (χ4n) is 4.24. The number of carbonyl (C=O) groups excluding carboxylic acids is 1. The van der Waals surface area contributed by atoms with Crippen molar-refractivity contribution in [3.8, 4) is 11.3 Å². The number of aromatic nitrogens is 4. The van der Waals surface area contributed by atoms with Gasteiger partial charge in [-0.15, -0.1) is 0 Å². The van der Waals surface area contributed by atoms with E-state index in [0.717, 1.165) is 28.8 Å². The Morgan fingerprint density at radius 1 is 1.03 bits per heavy atom. The Bertz CT molecular complexity index is 1190. The van der Waals surface area contributed by atoms with E-state index in [1.807, 2.05) is 48.8 Å². The smallest absolute Gasteiger partial charge is 0.302 e. The van der Waals surface area contributed by atoms with Gasteiger partial charge in [0.1, 0.15) is 17.5 Å². The second kappa shape index (κ2) is 7.13. The summed E-state index contributed by atoms with van der Waals surface area (Å²) in [6.07, 6.45) is 4.28. The predicted octanol–water partition coefficient (Wildman–Crippen LogP) is 4.13. The molecule has 29 heavy (non-hydrogen) atoms. The number of rotatable bonds is 4. The summed E-state index contributed by atoms with van der Waals surface area (Å²) in [6.45, 7) is 1.84. The summed E-state index contributed by atoms with van der Waals surface area (Å²) < 4.78 is 7.44. The molecule has 0 N–H and O–H groups in total. The molecule has 6 nitrogen and oxygen atoms in total. The van der Waals surface area contributed by atoms with Crippen molar-refractivity contribution in [2.24, 2.45) is 0 Å². The second-order valence-electron chi connectivity index (χ2n) is 7.29. The lowest BCUT2D eigenvalue weighted by atomic mass is 10.0. The molecule has 0 amide bonds. The van der Waals surface area contributed by atoms with E-state index in [1.54, 1.807) is 6.33 Å². The minimum atomic E-state index is -0.251. The van der Waals surface area contributed by atoms with Crippen molar-refractivity contribution in [3.63, 3.8) is 0 Å². The summed E-state index contributed by atoms with van der Waals surface area (Å²) >= 11 is 0. The molecule has 1 aliphatic rings. The normalized spacial score (nSPS) is 18.0. The maximum Gasteiger partial charge on any atom is 0.302 e. The van der Waals surface area contributed by atoms with E-state index in [1.165, 1.54) is 18.1 Å². The van der Waals surface area contributed by atoms with Crippen molar-refractivity contribution in [1.29, 1.82) is 0 Å². The van der Waals surface area contributed by atoms with Crippen LogP contribution >= 0.6 is 0 Å². The highest BCUT2D eigenvalue weighted by Crippen LogP contribution is 2.43. The highest BCUT2D eigenvalue weighted by Gasteiger charge is 2.33. The van der Waals surface area contributed by atoms with Crippen molar-refractivity contribution >= 4 is 17.1 Å². The van der Waals surface area contributed by atoms with Crippen LogP contribution in [0.3, 0.4) is 0 Å². The monoisotopic (exact) mass is 384 g/mol. The second-order valence-corrected chi connectivity index (χ2v) is 7.29. The minimum Gasteiger partial charge on any atom is -0.465 e. The molecule has 2 aromatic heterocycles. The zero-order valence-corrected chi connectivity index (χ0v) is 16.0. The Hall–Kier alpha value is -3.54. The number of esters is 1. The Labute approximate surface area is 168 Å². The van der Waals surface area contributed by atoms with Crippen LogP contribution in [0.15, 0.2) is 67.3 Å². The van der Waals surface area contributed by atoms with Crippen LogP contribution < -0.4 is 0 Å². The number of nitrogens with zero attached hydrogens (tertiary/aromatic N) is 4. The van der Waals surface area contributed by atoms with E-state index < -0.39 is 0 Å². The Morgan fingerprint density at radius 3 is 2.59 bits per heavy atom. The average molecular weight is 384 g/mol. The van der Waals surface area contributed by atoms with E-state index in [0.29, 0.717) is 6.61 Å². The SMILES string of the molecule is CC(=O)OC[C@@H]1C[C@H](n2cnc3c(-c4ccccc4)ncnc32)c2ccccc21. The van der Waals surface area contributed by atoms with Gasteiger partial charge in [-0.2, -0.15) is 0 Å². The van der Waals surface area contributed by atoms with E-state index >= 15 is 0 Å². The minimum absolute atomic E-state index is 0.0929. The standard InChI is InChI=1S/C23H20N4O2/c1-15(28)29-12-17-11-20(19-10-6-5-9-18(17)19)27-14-26-22-21(24-13-25-23(22)27)16-7-3-2-4-8-16/h2-10,13-14,17,20H,11-12H2,1H3/t17-,20-/m0/s1. The van der Waals surface area contributed by atoms with Gasteiger partial charge >= 0.3 is 5.97 Å². The largest absolute Gasteiger partial charge is 0.465 e. The summed E-state index contributed by atoms with van der Waals surface area (Å²) in [5, 5.41) is 0. The fourth-order valence-corrected chi connectivity index (χ4v) is 4.24. The van der Waals surface area contributed by atoms with Crippen molar-refractivity contribution in [1.82, 2.24) is 19.5 Å². The molecular weight excluding hydrogens is 364 g/mol. The van der Waals surface area contributed by atoms with Crippen molar-refractivity contribution < 1.29 is 9.53 Å².